The van der Waals surface area contributed by atoms with Gasteiger partial charge in [0.1, 0.15) is 24.3 Å². The zero-order chi connectivity index (χ0) is 18.4. The van der Waals surface area contributed by atoms with Gasteiger partial charge in [-0.15, -0.1) is 0 Å². The van der Waals surface area contributed by atoms with E-state index in [1.165, 1.54) is 5.56 Å². The van der Waals surface area contributed by atoms with Gasteiger partial charge in [-0.2, -0.15) is 0 Å². The van der Waals surface area contributed by atoms with Crippen LogP contribution in [0.25, 0.3) is 0 Å². The third kappa shape index (κ3) is 5.19. The number of aromatic nitrogens is 1. The molecule has 0 aliphatic carbocycles. The number of benzene rings is 1. The van der Waals surface area contributed by atoms with E-state index in [2.05, 4.69) is 40.8 Å². The Balaban J connectivity index is 1.39. The molecule has 0 spiro atoms. The van der Waals surface area contributed by atoms with Crippen molar-refractivity contribution in [2.75, 3.05) is 44.2 Å². The molecular formula is C21H29N3O2. The van der Waals surface area contributed by atoms with Crippen molar-refractivity contribution in [3.05, 3.63) is 54.2 Å². The fourth-order valence-electron chi connectivity index (χ4n) is 3.19. The highest BCUT2D eigenvalue weighted by atomic mass is 16.5. The Kier molecular flexibility index (Phi) is 6.47. The molecule has 0 radical (unpaired) electrons. The van der Waals surface area contributed by atoms with Gasteiger partial charge >= 0.3 is 0 Å². The van der Waals surface area contributed by atoms with Crippen molar-refractivity contribution < 1.29 is 9.84 Å². The second-order valence-electron chi connectivity index (χ2n) is 7.16. The molecule has 0 bridgehead atoms. The minimum Gasteiger partial charge on any atom is -0.491 e. The molecule has 1 N–H and O–H groups in total. The number of β-amino-alcohol motifs (C(OH)–C–C–N with tert-alkyl or cyclic N) is 1. The van der Waals surface area contributed by atoms with Crippen LogP contribution in [0.5, 0.6) is 5.75 Å². The number of anilines is 1. The maximum atomic E-state index is 10.3. The van der Waals surface area contributed by atoms with Crippen molar-refractivity contribution in [3.63, 3.8) is 0 Å². The Bertz CT molecular complexity index is 653. The van der Waals surface area contributed by atoms with Crippen molar-refractivity contribution in [1.29, 1.82) is 0 Å². The minimum absolute atomic E-state index is 0.321. The number of rotatable bonds is 7. The first-order chi connectivity index (χ1) is 12.6. The average Bonchev–Trinajstić information content (AvgIpc) is 2.68. The van der Waals surface area contributed by atoms with Gasteiger partial charge in [0, 0.05) is 38.9 Å². The Morgan fingerprint density at radius 1 is 1.04 bits per heavy atom. The van der Waals surface area contributed by atoms with Crippen molar-refractivity contribution in [3.8, 4) is 5.75 Å². The zero-order valence-corrected chi connectivity index (χ0v) is 15.7. The van der Waals surface area contributed by atoms with Crippen LogP contribution in [0, 0.1) is 0 Å². The standard InChI is InChI=1S/C21H29N3O2/c1-17(2)18-6-8-20(9-7-18)26-16-19(25)15-23-11-13-24(14-12-23)21-5-3-4-10-22-21/h3-10,17,19,25H,11-16H2,1-2H3/t19-/m1/s1. The molecule has 1 aliphatic heterocycles. The van der Waals surface area contributed by atoms with Crippen LogP contribution in [0.4, 0.5) is 5.82 Å². The summed E-state index contributed by atoms with van der Waals surface area (Å²) in [5.74, 6) is 2.36. The van der Waals surface area contributed by atoms with Gasteiger partial charge in [0.25, 0.3) is 0 Å². The predicted octanol–water partition coefficient (Wildman–Crippen LogP) is 2.77. The first-order valence-corrected chi connectivity index (χ1v) is 9.41. The van der Waals surface area contributed by atoms with Crippen molar-refractivity contribution >= 4 is 5.82 Å². The van der Waals surface area contributed by atoms with E-state index in [1.807, 2.05) is 36.5 Å². The first-order valence-electron chi connectivity index (χ1n) is 9.41. The van der Waals surface area contributed by atoms with Gasteiger partial charge in [0.05, 0.1) is 0 Å². The lowest BCUT2D eigenvalue weighted by molar-refractivity contribution is 0.0662. The van der Waals surface area contributed by atoms with Gasteiger partial charge in [-0.25, -0.2) is 4.98 Å². The highest BCUT2D eigenvalue weighted by molar-refractivity contribution is 5.38. The quantitative estimate of drug-likeness (QED) is 0.828. The normalized spacial score (nSPS) is 16.7. The number of aliphatic hydroxyl groups is 1. The van der Waals surface area contributed by atoms with Gasteiger partial charge in [0.15, 0.2) is 0 Å². The summed E-state index contributed by atoms with van der Waals surface area (Å²) < 4.78 is 5.74. The number of nitrogens with zero attached hydrogens (tertiary/aromatic N) is 3. The summed E-state index contributed by atoms with van der Waals surface area (Å²) >= 11 is 0. The van der Waals surface area contributed by atoms with E-state index in [0.717, 1.165) is 37.7 Å². The topological polar surface area (TPSA) is 48.8 Å². The van der Waals surface area contributed by atoms with Gasteiger partial charge in [0.2, 0.25) is 0 Å². The number of piperazine rings is 1. The molecule has 1 aromatic heterocycles. The summed E-state index contributed by atoms with van der Waals surface area (Å²) in [5, 5.41) is 10.3. The largest absolute Gasteiger partial charge is 0.491 e. The van der Waals surface area contributed by atoms with Crippen LogP contribution in [0.2, 0.25) is 0 Å². The molecule has 1 aliphatic rings. The molecule has 1 atom stereocenters. The third-order valence-electron chi connectivity index (χ3n) is 4.80. The summed E-state index contributed by atoms with van der Waals surface area (Å²) in [6, 6.07) is 14.1. The molecular weight excluding hydrogens is 326 g/mol. The van der Waals surface area contributed by atoms with E-state index in [4.69, 9.17) is 4.74 Å². The summed E-state index contributed by atoms with van der Waals surface area (Å²) in [7, 11) is 0. The molecule has 3 rings (SSSR count). The molecule has 1 aromatic carbocycles. The Morgan fingerprint density at radius 2 is 1.77 bits per heavy atom. The number of hydrogen-bond acceptors (Lipinski definition) is 5. The molecule has 5 nitrogen and oxygen atoms in total. The lowest BCUT2D eigenvalue weighted by Crippen LogP contribution is -2.49. The number of hydrogen-bond donors (Lipinski definition) is 1. The molecule has 2 aromatic rings. The van der Waals surface area contributed by atoms with Crippen molar-refractivity contribution in [1.82, 2.24) is 9.88 Å². The number of aliphatic hydroxyl groups excluding tert-OH is 1. The van der Waals surface area contributed by atoms with Gasteiger partial charge in [-0.3, -0.25) is 4.90 Å². The lowest BCUT2D eigenvalue weighted by Gasteiger charge is -2.36. The number of pyridine rings is 1. The van der Waals surface area contributed by atoms with E-state index < -0.39 is 6.10 Å². The van der Waals surface area contributed by atoms with Crippen molar-refractivity contribution in [2.45, 2.75) is 25.9 Å². The fourth-order valence-corrected chi connectivity index (χ4v) is 3.19. The van der Waals surface area contributed by atoms with E-state index in [1.54, 1.807) is 0 Å². The van der Waals surface area contributed by atoms with Gasteiger partial charge in [-0.05, 0) is 35.7 Å². The predicted molar refractivity (Wildman–Crippen MR) is 105 cm³/mol. The minimum atomic E-state index is -0.485. The van der Waals surface area contributed by atoms with Crippen LogP contribution in [-0.4, -0.2) is 60.4 Å². The first kappa shape index (κ1) is 18.7. The second-order valence-corrected chi connectivity index (χ2v) is 7.16. The highest BCUT2D eigenvalue weighted by Gasteiger charge is 2.20. The SMILES string of the molecule is CC(C)c1ccc(OC[C@H](O)CN2CCN(c3ccccn3)CC2)cc1. The van der Waals surface area contributed by atoms with Crippen LogP contribution in [-0.2, 0) is 0 Å². The Labute approximate surface area is 156 Å². The maximum Gasteiger partial charge on any atom is 0.128 e. The Morgan fingerprint density at radius 3 is 2.38 bits per heavy atom. The van der Waals surface area contributed by atoms with Crippen LogP contribution >= 0.6 is 0 Å². The maximum absolute atomic E-state index is 10.3. The summed E-state index contributed by atoms with van der Waals surface area (Å²) in [4.78, 5) is 8.98. The van der Waals surface area contributed by atoms with Crippen LogP contribution in [0.1, 0.15) is 25.3 Å². The van der Waals surface area contributed by atoms with E-state index >= 15 is 0 Å². The number of ether oxygens (including phenoxy) is 1. The third-order valence-corrected chi connectivity index (χ3v) is 4.80. The zero-order valence-electron chi connectivity index (χ0n) is 15.7. The van der Waals surface area contributed by atoms with E-state index in [0.29, 0.717) is 19.1 Å². The molecule has 5 heteroatoms. The smallest absolute Gasteiger partial charge is 0.128 e. The fraction of sp³-hybridized carbons (Fsp3) is 0.476. The van der Waals surface area contributed by atoms with Gasteiger partial charge < -0.3 is 14.7 Å². The summed E-state index contributed by atoms with van der Waals surface area (Å²) in [6.07, 6.45) is 1.34. The van der Waals surface area contributed by atoms with Crippen LogP contribution < -0.4 is 9.64 Å². The highest BCUT2D eigenvalue weighted by Crippen LogP contribution is 2.19. The molecule has 0 saturated carbocycles. The van der Waals surface area contributed by atoms with Gasteiger partial charge in [-0.1, -0.05) is 32.0 Å². The molecule has 0 amide bonds. The molecule has 2 heterocycles. The van der Waals surface area contributed by atoms with Crippen LogP contribution in [0.3, 0.4) is 0 Å². The molecule has 0 unspecified atom stereocenters. The molecule has 1 saturated heterocycles. The van der Waals surface area contributed by atoms with E-state index in [-0.39, 0.29) is 0 Å². The van der Waals surface area contributed by atoms with Crippen LogP contribution in [0.15, 0.2) is 48.7 Å². The van der Waals surface area contributed by atoms with Crippen molar-refractivity contribution in [2.24, 2.45) is 0 Å². The molecule has 1 fully saturated rings. The Hall–Kier alpha value is -2.11. The summed E-state index contributed by atoms with van der Waals surface area (Å²) in [5.41, 5.74) is 1.30. The average molecular weight is 355 g/mol. The van der Waals surface area contributed by atoms with E-state index in [9.17, 15) is 5.11 Å². The summed E-state index contributed by atoms with van der Waals surface area (Å²) in [6.45, 7) is 9.03. The molecule has 140 valence electrons. The monoisotopic (exact) mass is 355 g/mol. The lowest BCUT2D eigenvalue weighted by atomic mass is 10.0. The second kappa shape index (κ2) is 9.01. The molecule has 26 heavy (non-hydrogen) atoms.